The van der Waals surface area contributed by atoms with Crippen LogP contribution in [-0.4, -0.2) is 52.3 Å². The summed E-state index contributed by atoms with van der Waals surface area (Å²) in [6.07, 6.45) is 0.660. The maximum absolute atomic E-state index is 5.44. The van der Waals surface area contributed by atoms with Crippen molar-refractivity contribution in [2.45, 2.75) is 12.7 Å². The molecule has 0 aliphatic carbocycles. The molecule has 0 saturated carbocycles. The lowest BCUT2D eigenvalue weighted by Gasteiger charge is -2.17. The minimum absolute atomic E-state index is 0.167. The highest BCUT2D eigenvalue weighted by Crippen LogP contribution is 2.03. The molecule has 14 heavy (non-hydrogen) atoms. The molecule has 5 heteroatoms. The number of hydrogen-bond donors (Lipinski definition) is 0. The highest BCUT2D eigenvalue weighted by atomic mass is 79.9. The van der Waals surface area contributed by atoms with Crippen LogP contribution in [0.1, 0.15) is 6.42 Å². The van der Waals surface area contributed by atoms with Crippen molar-refractivity contribution in [3.8, 4) is 0 Å². The predicted octanol–water partition coefficient (Wildman–Crippen LogP) is 1.42. The smallest absolute Gasteiger partial charge is 0.158 e. The average Bonchev–Trinajstić information content (AvgIpc) is 2.18. The van der Waals surface area contributed by atoms with Crippen molar-refractivity contribution in [2.24, 2.45) is 0 Å². The Kier molecular flexibility index (Phi) is 11.7. The number of alkyl halides is 1. The van der Waals surface area contributed by atoms with E-state index in [9.17, 15) is 0 Å². The Labute approximate surface area is 94.0 Å². The van der Waals surface area contributed by atoms with Crippen LogP contribution in [0.5, 0.6) is 0 Å². The molecule has 0 bridgehead atoms. The Morgan fingerprint density at radius 2 is 1.43 bits per heavy atom. The second kappa shape index (κ2) is 11.4. The Balaban J connectivity index is 3.44. The Morgan fingerprint density at radius 3 is 1.79 bits per heavy atom. The maximum atomic E-state index is 5.44. The van der Waals surface area contributed by atoms with Crippen LogP contribution in [0.2, 0.25) is 0 Å². The summed E-state index contributed by atoms with van der Waals surface area (Å²) in [4.78, 5) is 0. The Morgan fingerprint density at radius 1 is 0.929 bits per heavy atom. The molecule has 0 aliphatic heterocycles. The number of ether oxygens (including phenoxy) is 4. The summed E-state index contributed by atoms with van der Waals surface area (Å²) >= 11 is 3.35. The highest BCUT2D eigenvalue weighted by molar-refractivity contribution is 9.09. The van der Waals surface area contributed by atoms with E-state index in [0.29, 0.717) is 26.4 Å². The Hall–Kier alpha value is 0.320. The lowest BCUT2D eigenvalue weighted by Crippen LogP contribution is -2.22. The third-order valence-electron chi connectivity index (χ3n) is 1.53. The summed E-state index contributed by atoms with van der Waals surface area (Å²) in [5.74, 6) is 0. The second-order valence-electron chi connectivity index (χ2n) is 2.63. The molecular weight excluding hydrogens is 252 g/mol. The largest absolute Gasteiger partial charge is 0.382 e. The number of halogens is 1. The third-order valence-corrected chi connectivity index (χ3v) is 1.99. The van der Waals surface area contributed by atoms with Crippen LogP contribution < -0.4 is 0 Å². The van der Waals surface area contributed by atoms with Gasteiger partial charge in [-0.25, -0.2) is 0 Å². The molecule has 0 fully saturated rings. The van der Waals surface area contributed by atoms with Crippen molar-refractivity contribution in [1.82, 2.24) is 0 Å². The molecule has 0 heterocycles. The SMILES string of the molecule is COCCOC(CCBr)OCCOC. The van der Waals surface area contributed by atoms with Crippen LogP contribution in [0.4, 0.5) is 0 Å². The molecule has 0 radical (unpaired) electrons. The summed E-state index contributed by atoms with van der Waals surface area (Å²) in [6, 6.07) is 0. The van der Waals surface area contributed by atoms with Crippen LogP contribution in [0.25, 0.3) is 0 Å². The third kappa shape index (κ3) is 8.90. The van der Waals surface area contributed by atoms with Gasteiger partial charge in [0.2, 0.25) is 0 Å². The second-order valence-corrected chi connectivity index (χ2v) is 3.43. The van der Waals surface area contributed by atoms with Gasteiger partial charge >= 0.3 is 0 Å². The minimum Gasteiger partial charge on any atom is -0.382 e. The standard InChI is InChI=1S/C9H19BrO4/c1-11-5-7-13-9(3-4-10)14-8-6-12-2/h9H,3-8H2,1-2H3. The van der Waals surface area contributed by atoms with Crippen LogP contribution in [0, 0.1) is 0 Å². The van der Waals surface area contributed by atoms with E-state index in [0.717, 1.165) is 11.8 Å². The van der Waals surface area contributed by atoms with Gasteiger partial charge in [-0.1, -0.05) is 15.9 Å². The predicted molar refractivity (Wildman–Crippen MR) is 57.9 cm³/mol. The molecule has 0 atom stereocenters. The monoisotopic (exact) mass is 270 g/mol. The molecule has 0 saturated heterocycles. The van der Waals surface area contributed by atoms with Crippen LogP contribution in [0.15, 0.2) is 0 Å². The molecule has 0 unspecified atom stereocenters. The van der Waals surface area contributed by atoms with Gasteiger partial charge in [-0.2, -0.15) is 0 Å². The first-order chi connectivity index (χ1) is 6.85. The summed E-state index contributed by atoms with van der Waals surface area (Å²) in [6.45, 7) is 2.29. The first-order valence-electron chi connectivity index (χ1n) is 4.62. The molecule has 4 nitrogen and oxygen atoms in total. The van der Waals surface area contributed by atoms with Gasteiger partial charge in [0.1, 0.15) is 0 Å². The molecule has 0 aromatic carbocycles. The fraction of sp³-hybridized carbons (Fsp3) is 1.00. The van der Waals surface area contributed by atoms with E-state index in [1.165, 1.54) is 0 Å². The maximum Gasteiger partial charge on any atom is 0.158 e. The molecule has 0 aliphatic rings. The van der Waals surface area contributed by atoms with E-state index in [-0.39, 0.29) is 6.29 Å². The number of rotatable bonds is 10. The van der Waals surface area contributed by atoms with Crippen molar-refractivity contribution < 1.29 is 18.9 Å². The lowest BCUT2D eigenvalue weighted by molar-refractivity contribution is -0.155. The van der Waals surface area contributed by atoms with Crippen LogP contribution in [-0.2, 0) is 18.9 Å². The molecule has 0 spiro atoms. The zero-order valence-electron chi connectivity index (χ0n) is 8.83. The quantitative estimate of drug-likeness (QED) is 0.342. The summed E-state index contributed by atoms with van der Waals surface area (Å²) in [5.41, 5.74) is 0. The molecular formula is C9H19BrO4. The van der Waals surface area contributed by atoms with Crippen molar-refractivity contribution in [3.63, 3.8) is 0 Å². The minimum atomic E-state index is -0.167. The van der Waals surface area contributed by atoms with Crippen molar-refractivity contribution in [1.29, 1.82) is 0 Å². The van der Waals surface area contributed by atoms with E-state index in [2.05, 4.69) is 15.9 Å². The summed E-state index contributed by atoms with van der Waals surface area (Å²) in [5, 5.41) is 0.859. The van der Waals surface area contributed by atoms with Crippen molar-refractivity contribution in [3.05, 3.63) is 0 Å². The topological polar surface area (TPSA) is 36.9 Å². The first kappa shape index (κ1) is 14.3. The van der Waals surface area contributed by atoms with Crippen molar-refractivity contribution >= 4 is 15.9 Å². The van der Waals surface area contributed by atoms with E-state index in [4.69, 9.17) is 18.9 Å². The summed E-state index contributed by atoms with van der Waals surface area (Å²) < 4.78 is 20.6. The fourth-order valence-corrected chi connectivity index (χ4v) is 1.20. The Bertz CT molecular complexity index is 103. The van der Waals surface area contributed by atoms with Crippen molar-refractivity contribution in [2.75, 3.05) is 46.0 Å². The zero-order valence-corrected chi connectivity index (χ0v) is 10.4. The molecule has 0 N–H and O–H groups in total. The van der Waals surface area contributed by atoms with Crippen LogP contribution in [0.3, 0.4) is 0 Å². The summed E-state index contributed by atoms with van der Waals surface area (Å²) in [7, 11) is 3.29. The van der Waals surface area contributed by atoms with Gasteiger partial charge in [-0.3, -0.25) is 0 Å². The van der Waals surface area contributed by atoms with Gasteiger partial charge in [0, 0.05) is 26.0 Å². The molecule has 0 amide bonds. The van der Waals surface area contributed by atoms with Crippen LogP contribution >= 0.6 is 15.9 Å². The van der Waals surface area contributed by atoms with Gasteiger partial charge in [-0.05, 0) is 0 Å². The highest BCUT2D eigenvalue weighted by Gasteiger charge is 2.07. The van der Waals surface area contributed by atoms with Gasteiger partial charge in [0.05, 0.1) is 26.4 Å². The van der Waals surface area contributed by atoms with E-state index < -0.39 is 0 Å². The molecule has 0 aromatic rings. The molecule has 86 valence electrons. The van der Waals surface area contributed by atoms with Gasteiger partial charge in [-0.15, -0.1) is 0 Å². The normalized spacial score (nSPS) is 11.1. The molecule has 0 aromatic heterocycles. The average molecular weight is 271 g/mol. The number of methoxy groups -OCH3 is 2. The van der Waals surface area contributed by atoms with Gasteiger partial charge in [0.15, 0.2) is 6.29 Å². The number of hydrogen-bond acceptors (Lipinski definition) is 4. The molecule has 0 rings (SSSR count). The van der Waals surface area contributed by atoms with E-state index in [1.807, 2.05) is 0 Å². The van der Waals surface area contributed by atoms with Gasteiger partial charge in [0.25, 0.3) is 0 Å². The fourth-order valence-electron chi connectivity index (χ4n) is 0.830. The zero-order chi connectivity index (χ0) is 10.6. The first-order valence-corrected chi connectivity index (χ1v) is 5.74. The van der Waals surface area contributed by atoms with E-state index in [1.54, 1.807) is 14.2 Å². The van der Waals surface area contributed by atoms with E-state index >= 15 is 0 Å². The lowest BCUT2D eigenvalue weighted by atomic mass is 10.5. The van der Waals surface area contributed by atoms with Gasteiger partial charge < -0.3 is 18.9 Å².